The number of para-hydroxylation sites is 1. The van der Waals surface area contributed by atoms with Crippen LogP contribution < -0.4 is 5.56 Å². The zero-order valence-electron chi connectivity index (χ0n) is 23.8. The lowest BCUT2D eigenvalue weighted by Gasteiger charge is -2.40. The number of carbonyl (C=O) groups excluding carboxylic acids is 1. The van der Waals surface area contributed by atoms with Crippen molar-refractivity contribution < 1.29 is 4.79 Å². The molecule has 0 N–H and O–H groups in total. The first-order valence-corrected chi connectivity index (χ1v) is 16.0. The normalized spacial score (nSPS) is 14.0. The monoisotopic (exact) mass is 608 g/mol. The number of carbonyl (C=O) groups is 1. The molecule has 1 saturated heterocycles. The number of piperazine rings is 1. The lowest BCUT2D eigenvalue weighted by Crippen LogP contribution is -2.49. The maximum Gasteiger partial charge on any atom is 0.266 e. The fourth-order valence-electron chi connectivity index (χ4n) is 5.71. The van der Waals surface area contributed by atoms with Crippen LogP contribution in [0.1, 0.15) is 30.0 Å². The highest BCUT2D eigenvalue weighted by molar-refractivity contribution is 7.99. The molecule has 0 bridgehead atoms. The average molecular weight is 609 g/mol. The zero-order chi connectivity index (χ0) is 29.6. The second kappa shape index (κ2) is 13.6. The third kappa shape index (κ3) is 6.69. The minimum absolute atomic E-state index is 0.131. The van der Waals surface area contributed by atoms with E-state index in [0.29, 0.717) is 58.5 Å². The van der Waals surface area contributed by atoms with Crippen LogP contribution in [-0.2, 0) is 4.79 Å². The largest absolute Gasteiger partial charge is 0.340 e. The van der Waals surface area contributed by atoms with Gasteiger partial charge in [-0.1, -0.05) is 102 Å². The molecule has 0 aliphatic carbocycles. The molecular formula is C35H33ClN4O2S. The standard InChI is InChI=1S/C35H33ClN4O2S/c36-28-15-9-16-29(25-28)40-34(42)30-17-7-8-18-31(30)37-35(40)43-24-10-19-32(41)38-20-22-39(23-21-38)33(26-11-3-1-4-12-26)27-13-5-2-6-14-27/h1-9,11-18,25,33H,10,19-24H2. The number of rotatable bonds is 9. The number of fused-ring (bicyclic) bond motifs is 1. The predicted octanol–water partition coefficient (Wildman–Crippen LogP) is 6.85. The molecule has 5 aromatic rings. The molecule has 8 heteroatoms. The number of amides is 1. The third-order valence-electron chi connectivity index (χ3n) is 7.84. The van der Waals surface area contributed by atoms with E-state index in [-0.39, 0.29) is 17.5 Å². The van der Waals surface area contributed by atoms with E-state index in [2.05, 4.69) is 53.4 Å². The maximum atomic E-state index is 13.5. The minimum atomic E-state index is -0.131. The summed E-state index contributed by atoms with van der Waals surface area (Å²) < 4.78 is 1.62. The van der Waals surface area contributed by atoms with Gasteiger partial charge in [0.05, 0.1) is 22.6 Å². The van der Waals surface area contributed by atoms with Crippen LogP contribution in [0.2, 0.25) is 5.02 Å². The number of hydrogen-bond donors (Lipinski definition) is 0. The van der Waals surface area contributed by atoms with Crippen molar-refractivity contribution in [2.75, 3.05) is 31.9 Å². The minimum Gasteiger partial charge on any atom is -0.340 e. The van der Waals surface area contributed by atoms with E-state index in [1.54, 1.807) is 22.8 Å². The van der Waals surface area contributed by atoms with E-state index < -0.39 is 0 Å². The molecule has 0 unspecified atom stereocenters. The quantitative estimate of drug-likeness (QED) is 0.104. The summed E-state index contributed by atoms with van der Waals surface area (Å²) in [6.07, 6.45) is 1.15. The number of thioether (sulfide) groups is 1. The zero-order valence-corrected chi connectivity index (χ0v) is 25.4. The molecular weight excluding hydrogens is 576 g/mol. The Balaban J connectivity index is 1.08. The van der Waals surface area contributed by atoms with Crippen LogP contribution in [-0.4, -0.2) is 57.2 Å². The first kappa shape index (κ1) is 29.2. The Hall–Kier alpha value is -3.91. The molecule has 218 valence electrons. The number of hydrogen-bond acceptors (Lipinski definition) is 5. The van der Waals surface area contributed by atoms with Crippen LogP contribution in [0.4, 0.5) is 0 Å². The summed E-state index contributed by atoms with van der Waals surface area (Å²) in [7, 11) is 0. The topological polar surface area (TPSA) is 58.4 Å². The molecule has 1 fully saturated rings. The Bertz CT molecular complexity index is 1720. The lowest BCUT2D eigenvalue weighted by molar-refractivity contribution is -0.133. The van der Waals surface area contributed by atoms with Crippen molar-refractivity contribution in [3.63, 3.8) is 0 Å². The fraction of sp³-hybridized carbons (Fsp3) is 0.229. The summed E-state index contributed by atoms with van der Waals surface area (Å²) >= 11 is 7.75. The highest BCUT2D eigenvalue weighted by atomic mass is 35.5. The van der Waals surface area contributed by atoms with Gasteiger partial charge in [0.15, 0.2) is 5.16 Å². The number of halogens is 1. The second-order valence-electron chi connectivity index (χ2n) is 10.6. The van der Waals surface area contributed by atoms with E-state index in [9.17, 15) is 9.59 Å². The second-order valence-corrected chi connectivity index (χ2v) is 12.1. The summed E-state index contributed by atoms with van der Waals surface area (Å²) in [6.45, 7) is 3.06. The van der Waals surface area contributed by atoms with Gasteiger partial charge in [0.1, 0.15) is 0 Å². The van der Waals surface area contributed by atoms with E-state index in [0.717, 1.165) is 13.1 Å². The van der Waals surface area contributed by atoms with Gasteiger partial charge < -0.3 is 4.90 Å². The SMILES string of the molecule is O=C(CCCSc1nc2ccccc2c(=O)n1-c1cccc(Cl)c1)N1CCN(C(c2ccccc2)c2ccccc2)CC1. The summed E-state index contributed by atoms with van der Waals surface area (Å²) in [4.78, 5) is 35.9. The Morgan fingerprint density at radius 1 is 0.814 bits per heavy atom. The molecule has 4 aromatic carbocycles. The molecule has 0 spiro atoms. The van der Waals surface area contributed by atoms with E-state index >= 15 is 0 Å². The van der Waals surface area contributed by atoms with Crippen LogP contribution in [0.25, 0.3) is 16.6 Å². The Morgan fingerprint density at radius 3 is 2.14 bits per heavy atom. The van der Waals surface area contributed by atoms with Crippen molar-refractivity contribution in [1.82, 2.24) is 19.4 Å². The molecule has 0 radical (unpaired) electrons. The maximum absolute atomic E-state index is 13.5. The molecule has 6 nitrogen and oxygen atoms in total. The Labute approximate surface area is 260 Å². The highest BCUT2D eigenvalue weighted by Gasteiger charge is 2.28. The van der Waals surface area contributed by atoms with Gasteiger partial charge >= 0.3 is 0 Å². The van der Waals surface area contributed by atoms with Gasteiger partial charge in [-0.2, -0.15) is 0 Å². The highest BCUT2D eigenvalue weighted by Crippen LogP contribution is 2.30. The number of benzene rings is 4. The summed E-state index contributed by atoms with van der Waals surface area (Å²) in [6, 6.07) is 36.0. The van der Waals surface area contributed by atoms with Crippen LogP contribution in [0.3, 0.4) is 0 Å². The van der Waals surface area contributed by atoms with E-state index in [1.807, 2.05) is 47.4 Å². The van der Waals surface area contributed by atoms with E-state index in [4.69, 9.17) is 16.6 Å². The number of aromatic nitrogens is 2. The number of nitrogens with zero attached hydrogens (tertiary/aromatic N) is 4. The molecule has 43 heavy (non-hydrogen) atoms. The van der Waals surface area contributed by atoms with Gasteiger partial charge in [0, 0.05) is 43.4 Å². The molecule has 1 aromatic heterocycles. The van der Waals surface area contributed by atoms with Crippen LogP contribution in [0, 0.1) is 0 Å². The first-order valence-electron chi connectivity index (χ1n) is 14.6. The average Bonchev–Trinajstić information content (AvgIpc) is 3.04. The van der Waals surface area contributed by atoms with Gasteiger partial charge in [-0.05, 0) is 47.9 Å². The van der Waals surface area contributed by atoms with Crippen molar-refractivity contribution in [3.8, 4) is 5.69 Å². The van der Waals surface area contributed by atoms with Crippen LogP contribution in [0.5, 0.6) is 0 Å². The Kier molecular flexibility index (Phi) is 9.22. The van der Waals surface area contributed by atoms with Crippen LogP contribution >= 0.6 is 23.4 Å². The molecule has 0 atom stereocenters. The fourth-order valence-corrected chi connectivity index (χ4v) is 6.85. The van der Waals surface area contributed by atoms with Crippen molar-refractivity contribution in [2.24, 2.45) is 0 Å². The molecule has 1 aliphatic heterocycles. The summed E-state index contributed by atoms with van der Waals surface area (Å²) in [5, 5.41) is 1.71. The van der Waals surface area contributed by atoms with Crippen LogP contribution in [0.15, 0.2) is 119 Å². The van der Waals surface area contributed by atoms with Gasteiger partial charge in [0.2, 0.25) is 5.91 Å². The van der Waals surface area contributed by atoms with Gasteiger partial charge in [-0.25, -0.2) is 4.98 Å². The van der Waals surface area contributed by atoms with Crippen molar-refractivity contribution in [1.29, 1.82) is 0 Å². The van der Waals surface area contributed by atoms with Crippen molar-refractivity contribution in [2.45, 2.75) is 24.0 Å². The predicted molar refractivity (Wildman–Crippen MR) is 175 cm³/mol. The molecule has 1 amide bonds. The van der Waals surface area contributed by atoms with Gasteiger partial charge in [0.25, 0.3) is 5.56 Å². The smallest absolute Gasteiger partial charge is 0.266 e. The molecule has 1 aliphatic rings. The van der Waals surface area contributed by atoms with Gasteiger partial charge in [-0.15, -0.1) is 0 Å². The first-order chi connectivity index (χ1) is 21.1. The summed E-state index contributed by atoms with van der Waals surface area (Å²) in [5.41, 5.74) is 3.74. The summed E-state index contributed by atoms with van der Waals surface area (Å²) in [5.74, 6) is 0.844. The Morgan fingerprint density at radius 2 is 1.47 bits per heavy atom. The molecule has 6 rings (SSSR count). The van der Waals surface area contributed by atoms with Crippen molar-refractivity contribution >= 4 is 40.2 Å². The molecule has 0 saturated carbocycles. The molecule has 2 heterocycles. The van der Waals surface area contributed by atoms with Crippen molar-refractivity contribution in [3.05, 3.63) is 136 Å². The third-order valence-corrected chi connectivity index (χ3v) is 9.10. The lowest BCUT2D eigenvalue weighted by atomic mass is 9.96. The van der Waals surface area contributed by atoms with Gasteiger partial charge in [-0.3, -0.25) is 19.1 Å². The van der Waals surface area contributed by atoms with E-state index in [1.165, 1.54) is 22.9 Å².